The van der Waals surface area contributed by atoms with Crippen LogP contribution < -0.4 is 4.40 Å². The van der Waals surface area contributed by atoms with Crippen LogP contribution in [0.5, 0.6) is 5.75 Å². The van der Waals surface area contributed by atoms with Crippen LogP contribution in [0.1, 0.15) is 0 Å². The summed E-state index contributed by atoms with van der Waals surface area (Å²) >= 11 is 0. The number of carboxylic acids is 1. The standard InChI is InChI=1S/C17H11NO.C5H11NO2/c19-17-7-3-5-13-10-16-14-6-2-1-4-12(14)8-9-18(16)11-15(13)17;1-6(2,3)4-5(7)8/h1-11H;4H2,1-3H3/p+2. The molecule has 0 amide bonds. The number of carboxylic acid groups (broad SMARTS) is 1. The molecule has 2 N–H and O–H groups in total. The van der Waals surface area contributed by atoms with E-state index in [0.717, 1.165) is 16.3 Å². The number of hydrogen-bond donors (Lipinski definition) is 2. The van der Waals surface area contributed by atoms with Crippen molar-refractivity contribution in [2.45, 2.75) is 0 Å². The molecule has 2 aromatic carbocycles. The summed E-state index contributed by atoms with van der Waals surface area (Å²) in [7, 11) is 5.52. The SMILES string of the molecule is C[N+](C)(C)CC(=O)O.Oc1cccc2cc3c4ccccc4cc[n+]3cc12. The predicted molar refractivity (Wildman–Crippen MR) is 107 cm³/mol. The summed E-state index contributed by atoms with van der Waals surface area (Å²) in [6.45, 7) is 0.181. The van der Waals surface area contributed by atoms with Crippen LogP contribution in [0.4, 0.5) is 0 Å². The van der Waals surface area contributed by atoms with Gasteiger partial charge in [-0.2, -0.15) is 4.40 Å². The Kier molecular flexibility index (Phi) is 4.97. The molecule has 0 saturated carbocycles. The fourth-order valence-corrected chi connectivity index (χ4v) is 3.05. The van der Waals surface area contributed by atoms with E-state index < -0.39 is 5.97 Å². The largest absolute Gasteiger partial charge is 0.507 e. The van der Waals surface area contributed by atoms with Gasteiger partial charge in [-0.1, -0.05) is 30.3 Å². The van der Waals surface area contributed by atoms with Gasteiger partial charge in [0.05, 0.1) is 31.9 Å². The molecule has 0 spiro atoms. The maximum Gasteiger partial charge on any atom is 0.359 e. The summed E-state index contributed by atoms with van der Waals surface area (Å²) < 4.78 is 2.54. The third-order valence-corrected chi connectivity index (χ3v) is 4.22. The molecule has 5 heteroatoms. The smallest absolute Gasteiger partial charge is 0.359 e. The Morgan fingerprint density at radius 1 is 0.963 bits per heavy atom. The Morgan fingerprint density at radius 3 is 2.33 bits per heavy atom. The Balaban J connectivity index is 0.000000226. The van der Waals surface area contributed by atoms with Crippen LogP contribution in [0.3, 0.4) is 0 Å². The highest BCUT2D eigenvalue weighted by Crippen LogP contribution is 2.25. The molecule has 0 bridgehead atoms. The molecule has 0 atom stereocenters. The van der Waals surface area contributed by atoms with Crippen molar-refractivity contribution in [3.05, 3.63) is 67.0 Å². The van der Waals surface area contributed by atoms with Crippen LogP contribution in [0.15, 0.2) is 67.0 Å². The molecule has 0 unspecified atom stereocenters. The third-order valence-electron chi connectivity index (χ3n) is 4.22. The first-order valence-electron chi connectivity index (χ1n) is 8.71. The molecule has 0 aliphatic heterocycles. The highest BCUT2D eigenvalue weighted by atomic mass is 16.4. The number of benzene rings is 2. The lowest BCUT2D eigenvalue weighted by Gasteiger charge is -2.20. The van der Waals surface area contributed by atoms with Crippen molar-refractivity contribution in [3.63, 3.8) is 0 Å². The van der Waals surface area contributed by atoms with E-state index in [1.165, 1.54) is 10.8 Å². The number of carbonyl (C=O) groups is 1. The molecule has 0 aliphatic rings. The van der Waals surface area contributed by atoms with Crippen LogP contribution in [-0.2, 0) is 4.79 Å². The van der Waals surface area contributed by atoms with Crippen molar-refractivity contribution in [1.82, 2.24) is 0 Å². The molecule has 0 fully saturated rings. The maximum absolute atomic E-state index is 10.00. The van der Waals surface area contributed by atoms with Gasteiger partial charge in [0.25, 0.3) is 0 Å². The van der Waals surface area contributed by atoms with Gasteiger partial charge in [0.1, 0.15) is 5.75 Å². The normalized spacial score (nSPS) is 11.4. The lowest BCUT2D eigenvalue weighted by atomic mass is 10.1. The molecular formula is C22H24N2O3+2. The Bertz CT molecular complexity index is 1130. The van der Waals surface area contributed by atoms with E-state index in [1.54, 1.807) is 6.07 Å². The van der Waals surface area contributed by atoms with E-state index in [0.29, 0.717) is 10.2 Å². The molecular weight excluding hydrogens is 340 g/mol. The zero-order valence-electron chi connectivity index (χ0n) is 15.8. The first kappa shape index (κ1) is 18.6. The lowest BCUT2D eigenvalue weighted by molar-refractivity contribution is -0.862. The average molecular weight is 364 g/mol. The summed E-state index contributed by atoms with van der Waals surface area (Å²) in [6, 6.07) is 18.2. The van der Waals surface area contributed by atoms with Crippen LogP contribution in [0.2, 0.25) is 0 Å². The van der Waals surface area contributed by atoms with Crippen molar-refractivity contribution in [2.24, 2.45) is 0 Å². The first-order valence-corrected chi connectivity index (χ1v) is 8.71. The molecule has 2 aromatic heterocycles. The van der Waals surface area contributed by atoms with Gasteiger partial charge in [-0.15, -0.1) is 0 Å². The highest BCUT2D eigenvalue weighted by molar-refractivity contribution is 5.98. The van der Waals surface area contributed by atoms with Crippen LogP contribution in [-0.4, -0.2) is 48.4 Å². The number of aromatic nitrogens is 1. The minimum atomic E-state index is -0.752. The number of rotatable bonds is 2. The molecule has 27 heavy (non-hydrogen) atoms. The molecule has 0 radical (unpaired) electrons. The summed E-state index contributed by atoms with van der Waals surface area (Å²) in [5.41, 5.74) is 1.15. The molecule has 5 nitrogen and oxygen atoms in total. The number of aromatic hydroxyl groups is 1. The zero-order chi connectivity index (χ0) is 19.6. The second-order valence-corrected chi connectivity index (χ2v) is 7.59. The number of quaternary nitrogens is 1. The van der Waals surface area contributed by atoms with E-state index in [2.05, 4.69) is 34.7 Å². The van der Waals surface area contributed by atoms with Crippen molar-refractivity contribution < 1.29 is 23.9 Å². The first-order chi connectivity index (χ1) is 12.7. The number of nitrogens with zero attached hydrogens (tertiary/aromatic N) is 2. The number of aliphatic carboxylic acids is 1. The quantitative estimate of drug-likeness (QED) is 0.248. The van der Waals surface area contributed by atoms with Crippen LogP contribution >= 0.6 is 0 Å². The second kappa shape index (κ2) is 7.21. The summed E-state index contributed by atoms with van der Waals surface area (Å²) in [5, 5.41) is 22.5. The lowest BCUT2D eigenvalue weighted by Crippen LogP contribution is -2.39. The van der Waals surface area contributed by atoms with E-state index in [9.17, 15) is 9.90 Å². The Hall–Kier alpha value is -3.18. The number of phenolic OH excluding ortho intramolecular Hbond substituents is 1. The molecule has 4 aromatic rings. The molecule has 4 rings (SSSR count). The molecule has 2 heterocycles. The van der Waals surface area contributed by atoms with Gasteiger partial charge in [0.2, 0.25) is 5.52 Å². The van der Waals surface area contributed by atoms with Crippen molar-refractivity contribution >= 4 is 33.0 Å². The minimum absolute atomic E-state index is 0.181. The monoisotopic (exact) mass is 364 g/mol. The number of fused-ring (bicyclic) bond motifs is 4. The topological polar surface area (TPSA) is 61.6 Å². The molecule has 0 aliphatic carbocycles. The van der Waals surface area contributed by atoms with Gasteiger partial charge >= 0.3 is 5.97 Å². The van der Waals surface area contributed by atoms with Crippen molar-refractivity contribution in [1.29, 1.82) is 0 Å². The third kappa shape index (κ3) is 4.33. The number of phenols is 1. The van der Waals surface area contributed by atoms with E-state index >= 15 is 0 Å². The highest BCUT2D eigenvalue weighted by Gasteiger charge is 2.12. The second-order valence-electron chi connectivity index (χ2n) is 7.59. The van der Waals surface area contributed by atoms with Gasteiger partial charge in [0, 0.05) is 12.1 Å². The van der Waals surface area contributed by atoms with E-state index in [1.807, 2.05) is 51.7 Å². The molecule has 0 saturated heterocycles. The van der Waals surface area contributed by atoms with Crippen molar-refractivity contribution in [2.75, 3.05) is 27.7 Å². The summed E-state index contributed by atoms with van der Waals surface area (Å²) in [6.07, 6.45) is 4.01. The maximum atomic E-state index is 10.00. The Morgan fingerprint density at radius 2 is 1.67 bits per heavy atom. The Labute approximate surface area is 157 Å². The fraction of sp³-hybridized carbons (Fsp3) is 0.182. The van der Waals surface area contributed by atoms with Crippen LogP contribution in [0, 0.1) is 0 Å². The van der Waals surface area contributed by atoms with Crippen LogP contribution in [0.25, 0.3) is 27.1 Å². The number of pyridine rings is 2. The molecule has 138 valence electrons. The average Bonchev–Trinajstić information content (AvgIpc) is 2.59. The fourth-order valence-electron chi connectivity index (χ4n) is 3.05. The number of hydrogen-bond acceptors (Lipinski definition) is 2. The van der Waals surface area contributed by atoms with E-state index in [4.69, 9.17) is 5.11 Å². The summed E-state index contributed by atoms with van der Waals surface area (Å²) in [4.78, 5) is 10.00. The minimum Gasteiger partial charge on any atom is -0.507 e. The van der Waals surface area contributed by atoms with Gasteiger partial charge in [-0.05, 0) is 22.9 Å². The van der Waals surface area contributed by atoms with Gasteiger partial charge < -0.3 is 14.7 Å². The summed E-state index contributed by atoms with van der Waals surface area (Å²) in [5.74, 6) is -0.433. The van der Waals surface area contributed by atoms with E-state index in [-0.39, 0.29) is 6.54 Å². The van der Waals surface area contributed by atoms with Crippen molar-refractivity contribution in [3.8, 4) is 5.75 Å². The van der Waals surface area contributed by atoms with Gasteiger partial charge in [-0.25, -0.2) is 4.79 Å². The van der Waals surface area contributed by atoms with Gasteiger partial charge in [-0.3, -0.25) is 0 Å². The zero-order valence-corrected chi connectivity index (χ0v) is 15.8. The number of likely N-dealkylation sites (N-methyl/N-ethyl adjacent to an activating group) is 1. The predicted octanol–water partition coefficient (Wildman–Crippen LogP) is 3.21. The van der Waals surface area contributed by atoms with Gasteiger partial charge in [0.15, 0.2) is 18.9 Å².